The molecule has 1 aromatic carbocycles. The van der Waals surface area contributed by atoms with Gasteiger partial charge in [0.25, 0.3) is 0 Å². The van der Waals surface area contributed by atoms with E-state index >= 15 is 0 Å². The van der Waals surface area contributed by atoms with Crippen LogP contribution in [0.4, 0.5) is 0 Å². The van der Waals surface area contributed by atoms with Crippen molar-refractivity contribution in [2.45, 2.75) is 20.0 Å². The molecule has 3 rings (SSSR count). The predicted octanol–water partition coefficient (Wildman–Crippen LogP) is 3.03. The van der Waals surface area contributed by atoms with Crippen LogP contribution in [0.15, 0.2) is 30.6 Å². The molecule has 0 unspecified atom stereocenters. The number of hydrogen-bond donors (Lipinski definition) is 1. The van der Waals surface area contributed by atoms with E-state index in [9.17, 15) is 4.79 Å². The Hall–Kier alpha value is -3.05. The molecule has 120 valence electrons. The average Bonchev–Trinajstić information content (AvgIpc) is 3.24. The third-order valence-corrected chi connectivity index (χ3v) is 4.51. The number of benzene rings is 1. The van der Waals surface area contributed by atoms with Crippen molar-refractivity contribution in [2.75, 3.05) is 0 Å². The van der Waals surface area contributed by atoms with Crippen molar-refractivity contribution in [1.29, 1.82) is 5.26 Å². The highest BCUT2D eigenvalue weighted by molar-refractivity contribution is 7.16. The van der Waals surface area contributed by atoms with E-state index in [0.29, 0.717) is 27.0 Å². The largest absolute Gasteiger partial charge is 0.454 e. The Morgan fingerprint density at radius 2 is 2.29 bits per heavy atom. The van der Waals surface area contributed by atoms with E-state index in [1.807, 2.05) is 6.07 Å². The topological polar surface area (TPSA) is 105 Å². The fraction of sp³-hybridized carbons (Fsp3) is 0.188. The second-order valence-electron chi connectivity index (χ2n) is 5.05. The second-order valence-corrected chi connectivity index (χ2v) is 6.05. The van der Waals surface area contributed by atoms with Crippen molar-refractivity contribution in [3.8, 4) is 16.9 Å². The van der Waals surface area contributed by atoms with Crippen molar-refractivity contribution < 1.29 is 9.53 Å². The molecule has 0 radical (unpaired) electrons. The van der Waals surface area contributed by atoms with E-state index in [1.165, 1.54) is 17.7 Å². The maximum absolute atomic E-state index is 12.4. The van der Waals surface area contributed by atoms with E-state index < -0.39 is 12.1 Å². The molecule has 8 heteroatoms. The monoisotopic (exact) mass is 339 g/mol. The first-order valence-electron chi connectivity index (χ1n) is 7.12. The first-order chi connectivity index (χ1) is 11.6. The molecule has 0 aliphatic carbocycles. The van der Waals surface area contributed by atoms with Crippen molar-refractivity contribution in [1.82, 2.24) is 20.2 Å². The van der Waals surface area contributed by atoms with E-state index in [1.54, 1.807) is 32.0 Å². The molecule has 0 spiro atoms. The van der Waals surface area contributed by atoms with Gasteiger partial charge in [0.1, 0.15) is 17.3 Å². The molecule has 1 atom stereocenters. The van der Waals surface area contributed by atoms with Gasteiger partial charge in [-0.25, -0.2) is 14.8 Å². The number of nitrogens with zero attached hydrogens (tertiary/aromatic N) is 4. The number of hydrogen-bond acceptors (Lipinski definition) is 7. The molecule has 0 amide bonds. The third-order valence-electron chi connectivity index (χ3n) is 3.37. The minimum Gasteiger partial charge on any atom is -0.454 e. The van der Waals surface area contributed by atoms with Gasteiger partial charge in [-0.1, -0.05) is 12.1 Å². The first-order valence-corrected chi connectivity index (χ1v) is 7.94. The summed E-state index contributed by atoms with van der Waals surface area (Å²) in [6.07, 6.45) is 0.912. The van der Waals surface area contributed by atoms with Crippen LogP contribution in [-0.4, -0.2) is 26.1 Å². The molecule has 0 bridgehead atoms. The van der Waals surface area contributed by atoms with Crippen molar-refractivity contribution in [3.05, 3.63) is 52.3 Å². The van der Waals surface area contributed by atoms with Crippen LogP contribution >= 0.6 is 11.3 Å². The van der Waals surface area contributed by atoms with Gasteiger partial charge >= 0.3 is 5.97 Å². The summed E-state index contributed by atoms with van der Waals surface area (Å²) in [4.78, 5) is 21.2. The highest BCUT2D eigenvalue weighted by Crippen LogP contribution is 2.27. The van der Waals surface area contributed by atoms with Gasteiger partial charge < -0.3 is 4.74 Å². The highest BCUT2D eigenvalue weighted by atomic mass is 32.1. The highest BCUT2D eigenvalue weighted by Gasteiger charge is 2.21. The van der Waals surface area contributed by atoms with Crippen molar-refractivity contribution >= 4 is 17.3 Å². The van der Waals surface area contributed by atoms with Gasteiger partial charge in [0.05, 0.1) is 17.3 Å². The molecule has 0 aliphatic rings. The Morgan fingerprint density at radius 3 is 3.00 bits per heavy atom. The normalized spacial score (nSPS) is 11.7. The fourth-order valence-corrected chi connectivity index (χ4v) is 3.03. The molecule has 3 aromatic rings. The number of H-pyrrole nitrogens is 1. The Balaban J connectivity index is 1.78. The van der Waals surface area contributed by atoms with Crippen LogP contribution in [-0.2, 0) is 4.74 Å². The Labute approximate surface area is 142 Å². The fourth-order valence-electron chi connectivity index (χ4n) is 2.14. The summed E-state index contributed by atoms with van der Waals surface area (Å²) >= 11 is 1.20. The first kappa shape index (κ1) is 15.8. The minimum atomic E-state index is -0.471. The van der Waals surface area contributed by atoms with E-state index in [2.05, 4.69) is 26.2 Å². The average molecular weight is 339 g/mol. The molecular weight excluding hydrogens is 326 g/mol. The van der Waals surface area contributed by atoms with Gasteiger partial charge in [0.2, 0.25) is 0 Å². The molecule has 0 fully saturated rings. The maximum atomic E-state index is 12.4. The quantitative estimate of drug-likeness (QED) is 0.733. The number of aryl methyl sites for hydroxylation is 1. The molecule has 2 heterocycles. The number of aromatic amines is 1. The number of rotatable bonds is 4. The molecular formula is C16H13N5O2S. The van der Waals surface area contributed by atoms with Gasteiger partial charge in [-0.05, 0) is 31.5 Å². The summed E-state index contributed by atoms with van der Waals surface area (Å²) in [5.74, 6) is 0.0579. The van der Waals surface area contributed by atoms with Crippen LogP contribution in [0.5, 0.6) is 0 Å². The number of ether oxygens (including phenoxy) is 1. The smallest absolute Gasteiger partial charge is 0.350 e. The van der Waals surface area contributed by atoms with Crippen LogP contribution in [0.2, 0.25) is 0 Å². The zero-order chi connectivity index (χ0) is 17.1. The number of nitrogens with one attached hydrogen (secondary N) is 1. The Bertz CT molecular complexity index is 911. The third kappa shape index (κ3) is 3.16. The maximum Gasteiger partial charge on any atom is 0.350 e. The van der Waals surface area contributed by atoms with Crippen LogP contribution in [0.25, 0.3) is 10.8 Å². The second kappa shape index (κ2) is 6.60. The number of nitriles is 1. The molecule has 7 nitrogen and oxygen atoms in total. The van der Waals surface area contributed by atoms with E-state index in [-0.39, 0.29) is 0 Å². The summed E-state index contributed by atoms with van der Waals surface area (Å²) in [7, 11) is 0. The van der Waals surface area contributed by atoms with Crippen LogP contribution < -0.4 is 0 Å². The summed E-state index contributed by atoms with van der Waals surface area (Å²) in [6, 6.07) is 9.06. The van der Waals surface area contributed by atoms with Gasteiger partial charge in [-0.15, -0.1) is 11.3 Å². The summed E-state index contributed by atoms with van der Waals surface area (Å²) in [5.41, 5.74) is 1.87. The standard InChI is InChI=1S/C16H13N5O2S/c1-9-13(24-15(20-9)14-18-8-19-21-14)16(22)23-10(2)12-5-3-4-11(6-12)7-17/h3-6,8,10H,1-2H3,(H,18,19,21)/t10-/m0/s1. The molecule has 0 aliphatic heterocycles. The van der Waals surface area contributed by atoms with E-state index in [0.717, 1.165) is 5.56 Å². The van der Waals surface area contributed by atoms with Crippen LogP contribution in [0, 0.1) is 18.3 Å². The molecule has 0 saturated carbocycles. The summed E-state index contributed by atoms with van der Waals surface area (Å²) in [5, 5.41) is 16.0. The zero-order valence-corrected chi connectivity index (χ0v) is 13.8. The van der Waals surface area contributed by atoms with Gasteiger partial charge in [0.15, 0.2) is 10.8 Å². The zero-order valence-electron chi connectivity index (χ0n) is 13.0. The molecule has 2 aromatic heterocycles. The molecule has 0 saturated heterocycles. The van der Waals surface area contributed by atoms with Gasteiger partial charge in [-0.3, -0.25) is 5.10 Å². The lowest BCUT2D eigenvalue weighted by Crippen LogP contribution is -2.09. The lowest BCUT2D eigenvalue weighted by atomic mass is 10.1. The van der Waals surface area contributed by atoms with Gasteiger partial charge in [-0.2, -0.15) is 10.4 Å². The Morgan fingerprint density at radius 1 is 1.46 bits per heavy atom. The number of carbonyl (C=O) groups is 1. The summed E-state index contributed by atoms with van der Waals surface area (Å²) in [6.45, 7) is 3.51. The predicted molar refractivity (Wildman–Crippen MR) is 87.2 cm³/mol. The molecule has 24 heavy (non-hydrogen) atoms. The van der Waals surface area contributed by atoms with E-state index in [4.69, 9.17) is 10.00 Å². The minimum absolute atomic E-state index is 0.421. The summed E-state index contributed by atoms with van der Waals surface area (Å²) < 4.78 is 5.51. The SMILES string of the molecule is Cc1nc(-c2ncn[nH]2)sc1C(=O)O[C@@H](C)c1cccc(C#N)c1. The molecule has 1 N–H and O–H groups in total. The van der Waals surface area contributed by atoms with Crippen molar-refractivity contribution in [3.63, 3.8) is 0 Å². The lowest BCUT2D eigenvalue weighted by Gasteiger charge is -2.13. The van der Waals surface area contributed by atoms with Gasteiger partial charge in [0, 0.05) is 0 Å². The number of aromatic nitrogens is 4. The van der Waals surface area contributed by atoms with Crippen LogP contribution in [0.1, 0.15) is 39.5 Å². The number of carbonyl (C=O) groups excluding carboxylic acids is 1. The Kier molecular flexibility index (Phi) is 4.35. The number of esters is 1. The number of thiazole rings is 1. The lowest BCUT2D eigenvalue weighted by molar-refractivity contribution is 0.0342. The van der Waals surface area contributed by atoms with Crippen LogP contribution in [0.3, 0.4) is 0 Å². The van der Waals surface area contributed by atoms with Crippen molar-refractivity contribution in [2.24, 2.45) is 0 Å².